The van der Waals surface area contributed by atoms with Gasteiger partial charge in [0.05, 0.1) is 13.1 Å². The molecule has 116 valence electrons. The summed E-state index contributed by atoms with van der Waals surface area (Å²) in [5, 5.41) is 4.21. The number of thiocarbonyl (C=S) groups is 1. The van der Waals surface area contributed by atoms with E-state index >= 15 is 0 Å². The summed E-state index contributed by atoms with van der Waals surface area (Å²) in [5.41, 5.74) is 2.47. The summed E-state index contributed by atoms with van der Waals surface area (Å²) in [6.07, 6.45) is 0. The standard InChI is InChI=1S/C16H26N4S/c1-4-18(5-2)10-11-19-12-17-16(21)20(13-19)15-8-6-14(3)7-9-15/h6-9H,4-5,10-13H2,1-3H3,(H,17,21)/p+2. The molecule has 3 N–H and O–H groups in total. The Bertz CT molecular complexity index is 456. The predicted molar refractivity (Wildman–Crippen MR) is 91.9 cm³/mol. The highest BCUT2D eigenvalue weighted by Crippen LogP contribution is 2.14. The number of anilines is 1. The zero-order valence-electron chi connectivity index (χ0n) is 13.4. The number of benzene rings is 1. The Morgan fingerprint density at radius 2 is 1.90 bits per heavy atom. The Hall–Kier alpha value is -1.17. The molecular weight excluding hydrogens is 280 g/mol. The maximum absolute atomic E-state index is 5.47. The molecule has 1 saturated heterocycles. The Morgan fingerprint density at radius 1 is 1.24 bits per heavy atom. The molecule has 1 aliphatic heterocycles. The molecule has 2 rings (SSSR count). The second kappa shape index (κ2) is 7.73. The third-order valence-corrected chi connectivity index (χ3v) is 4.66. The van der Waals surface area contributed by atoms with E-state index in [9.17, 15) is 0 Å². The van der Waals surface area contributed by atoms with E-state index in [1.54, 1.807) is 9.80 Å². The monoisotopic (exact) mass is 308 g/mol. The minimum atomic E-state index is 0.845. The third-order valence-electron chi connectivity index (χ3n) is 4.29. The molecule has 1 aromatic carbocycles. The van der Waals surface area contributed by atoms with Crippen molar-refractivity contribution in [1.82, 2.24) is 5.32 Å². The second-order valence-corrected chi connectivity index (χ2v) is 6.17. The van der Waals surface area contributed by atoms with Gasteiger partial charge in [-0.05, 0) is 45.1 Å². The van der Waals surface area contributed by atoms with Crippen LogP contribution in [0.4, 0.5) is 5.69 Å². The number of likely N-dealkylation sites (N-methyl/N-ethyl adjacent to an activating group) is 1. The van der Waals surface area contributed by atoms with Gasteiger partial charge in [-0.3, -0.25) is 9.80 Å². The van der Waals surface area contributed by atoms with Crippen molar-refractivity contribution in [2.75, 3.05) is 44.4 Å². The van der Waals surface area contributed by atoms with Crippen molar-refractivity contribution in [2.45, 2.75) is 20.8 Å². The molecule has 4 nitrogen and oxygen atoms in total. The molecule has 0 saturated carbocycles. The van der Waals surface area contributed by atoms with Gasteiger partial charge in [-0.1, -0.05) is 17.7 Å². The van der Waals surface area contributed by atoms with E-state index < -0.39 is 0 Å². The minimum absolute atomic E-state index is 0.845. The number of rotatable bonds is 6. The highest BCUT2D eigenvalue weighted by molar-refractivity contribution is 7.80. The molecule has 1 fully saturated rings. The maximum atomic E-state index is 5.47. The minimum Gasteiger partial charge on any atom is -0.331 e. The maximum Gasteiger partial charge on any atom is 0.182 e. The smallest absolute Gasteiger partial charge is 0.182 e. The van der Waals surface area contributed by atoms with Crippen LogP contribution in [0, 0.1) is 6.92 Å². The first-order valence-electron chi connectivity index (χ1n) is 7.93. The molecule has 21 heavy (non-hydrogen) atoms. The van der Waals surface area contributed by atoms with Crippen LogP contribution < -0.4 is 20.0 Å². The molecule has 1 unspecified atom stereocenters. The summed E-state index contributed by atoms with van der Waals surface area (Å²) < 4.78 is 0. The molecule has 1 aromatic rings. The fourth-order valence-electron chi connectivity index (χ4n) is 2.71. The van der Waals surface area contributed by atoms with Crippen LogP contribution in [0.3, 0.4) is 0 Å². The van der Waals surface area contributed by atoms with Crippen LogP contribution in [0.5, 0.6) is 0 Å². The Labute approximate surface area is 133 Å². The lowest BCUT2D eigenvalue weighted by Gasteiger charge is -2.35. The van der Waals surface area contributed by atoms with Crippen molar-refractivity contribution in [3.63, 3.8) is 0 Å². The summed E-state index contributed by atoms with van der Waals surface area (Å²) >= 11 is 5.47. The van der Waals surface area contributed by atoms with Crippen molar-refractivity contribution < 1.29 is 9.80 Å². The van der Waals surface area contributed by atoms with Crippen molar-refractivity contribution in [1.29, 1.82) is 0 Å². The predicted octanol–water partition coefficient (Wildman–Crippen LogP) is -0.586. The first-order valence-corrected chi connectivity index (χ1v) is 8.34. The first-order chi connectivity index (χ1) is 10.1. The van der Waals surface area contributed by atoms with E-state index in [1.165, 1.54) is 37.4 Å². The van der Waals surface area contributed by atoms with E-state index in [4.69, 9.17) is 12.2 Å². The van der Waals surface area contributed by atoms with Crippen LogP contribution >= 0.6 is 12.2 Å². The molecule has 1 aliphatic rings. The molecule has 1 atom stereocenters. The zero-order chi connectivity index (χ0) is 15.2. The number of aryl methyl sites for hydroxylation is 1. The molecule has 5 heteroatoms. The number of hydrogen-bond donors (Lipinski definition) is 3. The normalized spacial score (nSPS) is 19.0. The molecule has 0 spiro atoms. The van der Waals surface area contributed by atoms with E-state index in [0.717, 1.165) is 18.4 Å². The fourth-order valence-corrected chi connectivity index (χ4v) is 2.95. The van der Waals surface area contributed by atoms with Crippen molar-refractivity contribution >= 4 is 23.0 Å². The molecule has 0 aromatic heterocycles. The topological polar surface area (TPSA) is 24.1 Å². The van der Waals surface area contributed by atoms with Gasteiger partial charge in [0.25, 0.3) is 0 Å². The average molecular weight is 308 g/mol. The summed E-state index contributed by atoms with van der Waals surface area (Å²) in [6, 6.07) is 8.60. The highest BCUT2D eigenvalue weighted by Gasteiger charge is 2.25. The van der Waals surface area contributed by atoms with Gasteiger partial charge in [-0.2, -0.15) is 0 Å². The summed E-state index contributed by atoms with van der Waals surface area (Å²) in [5.74, 6) is 0. The van der Waals surface area contributed by atoms with E-state index in [1.807, 2.05) is 0 Å². The molecule has 0 bridgehead atoms. The number of nitrogens with one attached hydrogen (secondary N) is 3. The SMILES string of the molecule is CC[NH+](CC)CC[NH+]1CNC(=S)N(c2ccc(C)cc2)C1. The average Bonchev–Trinajstić information content (AvgIpc) is 2.51. The molecule has 0 amide bonds. The summed E-state index contributed by atoms with van der Waals surface area (Å²) in [6.45, 7) is 13.3. The van der Waals surface area contributed by atoms with Crippen LogP contribution in [0.25, 0.3) is 0 Å². The van der Waals surface area contributed by atoms with Gasteiger partial charge >= 0.3 is 0 Å². The molecule has 0 aliphatic carbocycles. The van der Waals surface area contributed by atoms with Crippen molar-refractivity contribution in [2.24, 2.45) is 0 Å². The van der Waals surface area contributed by atoms with Crippen LogP contribution in [-0.2, 0) is 0 Å². The van der Waals surface area contributed by atoms with Gasteiger partial charge in [0.2, 0.25) is 0 Å². The van der Waals surface area contributed by atoms with Crippen LogP contribution in [0.15, 0.2) is 24.3 Å². The van der Waals surface area contributed by atoms with Gasteiger partial charge in [-0.25, -0.2) is 0 Å². The van der Waals surface area contributed by atoms with Gasteiger partial charge in [0.15, 0.2) is 18.4 Å². The molecule has 1 heterocycles. The molecular formula is C16H28N4S+2. The van der Waals surface area contributed by atoms with Gasteiger partial charge in [0, 0.05) is 5.69 Å². The van der Waals surface area contributed by atoms with E-state index in [-0.39, 0.29) is 0 Å². The van der Waals surface area contributed by atoms with Gasteiger partial charge in [0.1, 0.15) is 13.1 Å². The number of quaternary nitrogens is 2. The Morgan fingerprint density at radius 3 is 2.52 bits per heavy atom. The molecule has 0 radical (unpaired) electrons. The van der Waals surface area contributed by atoms with E-state index in [0.29, 0.717) is 0 Å². The van der Waals surface area contributed by atoms with Gasteiger partial charge in [-0.15, -0.1) is 0 Å². The lowest BCUT2D eigenvalue weighted by Crippen LogP contribution is -3.22. The lowest BCUT2D eigenvalue weighted by atomic mass is 10.2. The Kier molecular flexibility index (Phi) is 5.96. The largest absolute Gasteiger partial charge is 0.331 e. The third kappa shape index (κ3) is 4.40. The van der Waals surface area contributed by atoms with Crippen molar-refractivity contribution in [3.05, 3.63) is 29.8 Å². The second-order valence-electron chi connectivity index (χ2n) is 5.79. The van der Waals surface area contributed by atoms with Crippen LogP contribution in [-0.4, -0.2) is 44.6 Å². The van der Waals surface area contributed by atoms with Gasteiger partial charge < -0.3 is 10.2 Å². The van der Waals surface area contributed by atoms with Crippen LogP contribution in [0.1, 0.15) is 19.4 Å². The fraction of sp³-hybridized carbons (Fsp3) is 0.562. The van der Waals surface area contributed by atoms with Crippen LogP contribution in [0.2, 0.25) is 0 Å². The first kappa shape index (κ1) is 16.2. The number of nitrogens with zero attached hydrogens (tertiary/aromatic N) is 1. The summed E-state index contributed by atoms with van der Waals surface area (Å²) in [7, 11) is 0. The van der Waals surface area contributed by atoms with Crippen molar-refractivity contribution in [3.8, 4) is 0 Å². The highest BCUT2D eigenvalue weighted by atomic mass is 32.1. The lowest BCUT2D eigenvalue weighted by molar-refractivity contribution is -0.957. The quantitative estimate of drug-likeness (QED) is 0.613. The Balaban J connectivity index is 1.96. The zero-order valence-corrected chi connectivity index (χ0v) is 14.2. The summed E-state index contributed by atoms with van der Waals surface area (Å²) in [4.78, 5) is 5.42. The number of hydrogen-bond acceptors (Lipinski definition) is 1. The van der Waals surface area contributed by atoms with E-state index in [2.05, 4.69) is 55.3 Å².